The van der Waals surface area contributed by atoms with E-state index in [2.05, 4.69) is 20.4 Å². The highest BCUT2D eigenvalue weighted by Crippen LogP contribution is 2.22. The van der Waals surface area contributed by atoms with Crippen molar-refractivity contribution in [2.45, 2.75) is 32.1 Å². The van der Waals surface area contributed by atoms with Gasteiger partial charge < -0.3 is 9.84 Å². The zero-order valence-electron chi connectivity index (χ0n) is 10.3. The van der Waals surface area contributed by atoms with Crippen molar-refractivity contribution in [2.75, 3.05) is 13.1 Å². The van der Waals surface area contributed by atoms with E-state index in [4.69, 9.17) is 4.52 Å². The van der Waals surface area contributed by atoms with Gasteiger partial charge in [0.15, 0.2) is 5.82 Å². The van der Waals surface area contributed by atoms with Crippen LogP contribution < -0.4 is 5.32 Å². The largest absolute Gasteiger partial charge is 0.339 e. The molecule has 0 saturated carbocycles. The maximum Gasteiger partial charge on any atom is 0.231 e. The minimum Gasteiger partial charge on any atom is -0.339 e. The van der Waals surface area contributed by atoms with Gasteiger partial charge in [-0.2, -0.15) is 4.98 Å². The first-order valence-electron chi connectivity index (χ1n) is 6.25. The zero-order chi connectivity index (χ0) is 12.4. The molecule has 6 heteroatoms. The number of hydrogen-bond acceptors (Lipinski definition) is 6. The Morgan fingerprint density at radius 3 is 3.17 bits per heavy atom. The van der Waals surface area contributed by atoms with E-state index in [1.807, 2.05) is 12.3 Å². The van der Waals surface area contributed by atoms with E-state index in [1.165, 1.54) is 6.42 Å². The number of nitrogens with one attached hydrogen (secondary N) is 1. The molecular weight excluding hydrogens is 248 g/mol. The molecule has 1 N–H and O–H groups in total. The number of nitrogens with zero attached hydrogens (tertiary/aromatic N) is 3. The molecule has 0 radical (unpaired) electrons. The lowest BCUT2D eigenvalue weighted by Crippen LogP contribution is -2.28. The van der Waals surface area contributed by atoms with Crippen LogP contribution in [0.25, 0.3) is 0 Å². The van der Waals surface area contributed by atoms with Crippen LogP contribution in [0.3, 0.4) is 0 Å². The molecule has 3 rings (SSSR count). The summed E-state index contributed by atoms with van der Waals surface area (Å²) in [4.78, 5) is 8.90. The predicted molar refractivity (Wildman–Crippen MR) is 68.8 cm³/mol. The number of thiazole rings is 1. The molecule has 2 aromatic rings. The maximum absolute atomic E-state index is 5.36. The summed E-state index contributed by atoms with van der Waals surface area (Å²) in [6.45, 7) is 4.04. The van der Waals surface area contributed by atoms with Crippen molar-refractivity contribution < 1.29 is 4.52 Å². The van der Waals surface area contributed by atoms with Crippen LogP contribution in [-0.4, -0.2) is 28.2 Å². The summed E-state index contributed by atoms with van der Waals surface area (Å²) in [7, 11) is 0. The van der Waals surface area contributed by atoms with Crippen LogP contribution in [0.2, 0.25) is 0 Å². The highest BCUT2D eigenvalue weighted by Gasteiger charge is 2.21. The molecule has 3 heterocycles. The van der Waals surface area contributed by atoms with Crippen molar-refractivity contribution in [3.63, 3.8) is 0 Å². The van der Waals surface area contributed by atoms with Gasteiger partial charge in [0, 0.05) is 11.9 Å². The fraction of sp³-hybridized carbons (Fsp3) is 0.583. The molecule has 1 aliphatic heterocycles. The van der Waals surface area contributed by atoms with Crippen molar-refractivity contribution in [3.8, 4) is 0 Å². The Morgan fingerprint density at radius 1 is 1.50 bits per heavy atom. The molecule has 1 fully saturated rings. The van der Waals surface area contributed by atoms with Gasteiger partial charge in [-0.3, -0.25) is 0 Å². The minimum atomic E-state index is 0.372. The van der Waals surface area contributed by atoms with Crippen LogP contribution in [0.15, 0.2) is 9.90 Å². The smallest absolute Gasteiger partial charge is 0.231 e. The standard InChI is InChI=1S/C12H16N4OS/c1-8-14-10(7-18-8)5-11-15-12(17-16-11)9-3-2-4-13-6-9/h7,9,13H,2-6H2,1H3. The Labute approximate surface area is 110 Å². The molecule has 1 unspecified atom stereocenters. The summed E-state index contributed by atoms with van der Waals surface area (Å²) in [5.41, 5.74) is 1.02. The zero-order valence-corrected chi connectivity index (χ0v) is 11.2. The topological polar surface area (TPSA) is 63.8 Å². The number of rotatable bonds is 3. The molecule has 0 aromatic carbocycles. The molecule has 0 spiro atoms. The van der Waals surface area contributed by atoms with E-state index in [0.29, 0.717) is 12.3 Å². The van der Waals surface area contributed by atoms with Gasteiger partial charge in [0.05, 0.1) is 23.0 Å². The average Bonchev–Trinajstić information content (AvgIpc) is 3.01. The maximum atomic E-state index is 5.36. The molecule has 1 aliphatic rings. The number of piperidine rings is 1. The lowest BCUT2D eigenvalue weighted by Gasteiger charge is -2.18. The number of hydrogen-bond donors (Lipinski definition) is 1. The summed E-state index contributed by atoms with van der Waals surface area (Å²) in [6.07, 6.45) is 2.96. The van der Waals surface area contributed by atoms with E-state index in [0.717, 1.165) is 41.9 Å². The summed E-state index contributed by atoms with van der Waals surface area (Å²) in [6, 6.07) is 0. The van der Waals surface area contributed by atoms with Gasteiger partial charge in [-0.05, 0) is 26.3 Å². The van der Waals surface area contributed by atoms with Crippen LogP contribution in [-0.2, 0) is 6.42 Å². The molecule has 1 atom stereocenters. The molecule has 96 valence electrons. The fourth-order valence-corrected chi connectivity index (χ4v) is 2.83. The van der Waals surface area contributed by atoms with Crippen molar-refractivity contribution in [1.29, 1.82) is 0 Å². The van der Waals surface area contributed by atoms with Gasteiger partial charge in [0.2, 0.25) is 5.89 Å². The summed E-state index contributed by atoms with van der Waals surface area (Å²) in [5, 5.41) is 10.5. The van der Waals surface area contributed by atoms with Gasteiger partial charge >= 0.3 is 0 Å². The summed E-state index contributed by atoms with van der Waals surface area (Å²) < 4.78 is 5.36. The highest BCUT2D eigenvalue weighted by molar-refractivity contribution is 7.09. The first-order valence-corrected chi connectivity index (χ1v) is 7.13. The van der Waals surface area contributed by atoms with Crippen molar-refractivity contribution in [3.05, 3.63) is 27.8 Å². The lowest BCUT2D eigenvalue weighted by atomic mass is 10.00. The molecule has 0 aliphatic carbocycles. The van der Waals surface area contributed by atoms with E-state index >= 15 is 0 Å². The summed E-state index contributed by atoms with van der Waals surface area (Å²) in [5.74, 6) is 1.88. The van der Waals surface area contributed by atoms with Gasteiger partial charge in [0.25, 0.3) is 0 Å². The van der Waals surface area contributed by atoms with E-state index in [1.54, 1.807) is 11.3 Å². The van der Waals surface area contributed by atoms with E-state index in [-0.39, 0.29) is 0 Å². The Morgan fingerprint density at radius 2 is 2.44 bits per heavy atom. The Hall–Kier alpha value is -1.27. The molecular formula is C12H16N4OS. The number of aromatic nitrogens is 3. The first kappa shape index (κ1) is 11.8. The van der Waals surface area contributed by atoms with Crippen LogP contribution in [0, 0.1) is 6.92 Å². The van der Waals surface area contributed by atoms with Crippen molar-refractivity contribution in [2.24, 2.45) is 0 Å². The van der Waals surface area contributed by atoms with E-state index in [9.17, 15) is 0 Å². The predicted octanol–water partition coefficient (Wildman–Crippen LogP) is 1.89. The van der Waals surface area contributed by atoms with Gasteiger partial charge in [0.1, 0.15) is 0 Å². The quantitative estimate of drug-likeness (QED) is 0.917. The van der Waals surface area contributed by atoms with Crippen LogP contribution in [0.5, 0.6) is 0 Å². The second-order valence-electron chi connectivity index (χ2n) is 4.63. The van der Waals surface area contributed by atoms with Gasteiger partial charge in [-0.15, -0.1) is 11.3 Å². The molecule has 0 amide bonds. The molecule has 1 saturated heterocycles. The van der Waals surface area contributed by atoms with Gasteiger partial charge in [-0.1, -0.05) is 5.16 Å². The molecule has 18 heavy (non-hydrogen) atoms. The third-order valence-electron chi connectivity index (χ3n) is 3.14. The van der Waals surface area contributed by atoms with E-state index < -0.39 is 0 Å². The average molecular weight is 264 g/mol. The van der Waals surface area contributed by atoms with Gasteiger partial charge in [-0.25, -0.2) is 4.98 Å². The fourth-order valence-electron chi connectivity index (χ4n) is 2.22. The Balaban J connectivity index is 1.69. The van der Waals surface area contributed by atoms with Crippen LogP contribution in [0.4, 0.5) is 0 Å². The summed E-state index contributed by atoms with van der Waals surface area (Å²) >= 11 is 1.65. The lowest BCUT2D eigenvalue weighted by molar-refractivity contribution is 0.320. The van der Waals surface area contributed by atoms with Crippen molar-refractivity contribution >= 4 is 11.3 Å². The molecule has 5 nitrogen and oxygen atoms in total. The monoisotopic (exact) mass is 264 g/mol. The SMILES string of the molecule is Cc1nc(Cc2noc(C3CCCNC3)n2)cs1. The second-order valence-corrected chi connectivity index (χ2v) is 5.69. The highest BCUT2D eigenvalue weighted by atomic mass is 32.1. The molecule has 2 aromatic heterocycles. The minimum absolute atomic E-state index is 0.372. The van der Waals surface area contributed by atoms with Crippen LogP contribution in [0.1, 0.15) is 41.2 Å². The van der Waals surface area contributed by atoms with Crippen molar-refractivity contribution in [1.82, 2.24) is 20.4 Å². The normalized spacial score (nSPS) is 20.2. The Kier molecular flexibility index (Phi) is 3.38. The first-order chi connectivity index (χ1) is 8.81. The molecule has 0 bridgehead atoms. The second kappa shape index (κ2) is 5.16. The number of aryl methyl sites for hydroxylation is 1. The van der Waals surface area contributed by atoms with Crippen LogP contribution >= 0.6 is 11.3 Å². The Bertz CT molecular complexity index is 516. The third kappa shape index (κ3) is 2.59. The third-order valence-corrected chi connectivity index (χ3v) is 3.96.